The molecule has 0 aromatic heterocycles. The number of hydrogen-bond acceptors (Lipinski definition) is 2. The molecule has 1 amide bonds. The Labute approximate surface area is 108 Å². The number of piperidine rings is 1. The summed E-state index contributed by atoms with van der Waals surface area (Å²) < 4.78 is 0. The largest absolute Gasteiger partial charge is 0.350 e. The maximum atomic E-state index is 11.9. The monoisotopic (exact) mass is 244 g/mol. The van der Waals surface area contributed by atoms with E-state index in [1.807, 2.05) is 6.07 Å². The molecule has 0 radical (unpaired) electrons. The van der Waals surface area contributed by atoms with E-state index in [9.17, 15) is 4.79 Å². The van der Waals surface area contributed by atoms with E-state index in [0.717, 1.165) is 25.9 Å². The zero-order valence-corrected chi connectivity index (χ0v) is 10.9. The van der Waals surface area contributed by atoms with Gasteiger partial charge in [0.2, 0.25) is 5.91 Å². The number of carbonyl (C=O) groups excluding carboxylic acids is 1. The van der Waals surface area contributed by atoms with Crippen LogP contribution in [-0.2, 0) is 4.79 Å². The van der Waals surface area contributed by atoms with E-state index >= 15 is 0 Å². The molecule has 2 aliphatic heterocycles. The topological polar surface area (TPSA) is 32.3 Å². The van der Waals surface area contributed by atoms with Crippen LogP contribution in [0.1, 0.15) is 30.7 Å². The van der Waals surface area contributed by atoms with Crippen molar-refractivity contribution in [3.8, 4) is 0 Å². The number of benzene rings is 1. The van der Waals surface area contributed by atoms with Crippen molar-refractivity contribution in [2.24, 2.45) is 0 Å². The predicted molar refractivity (Wildman–Crippen MR) is 71.4 cm³/mol. The first-order valence-corrected chi connectivity index (χ1v) is 6.74. The summed E-state index contributed by atoms with van der Waals surface area (Å²) in [6.07, 6.45) is 2.78. The second kappa shape index (κ2) is 4.39. The average molecular weight is 244 g/mol. The minimum absolute atomic E-state index is 0.00491. The van der Waals surface area contributed by atoms with E-state index < -0.39 is 0 Å². The van der Waals surface area contributed by atoms with Gasteiger partial charge in [0, 0.05) is 31.0 Å². The van der Waals surface area contributed by atoms with E-state index in [-0.39, 0.29) is 11.4 Å². The molecule has 1 N–H and O–H groups in total. The van der Waals surface area contributed by atoms with Crippen molar-refractivity contribution in [1.29, 1.82) is 0 Å². The highest BCUT2D eigenvalue weighted by Gasteiger charge is 2.48. The highest BCUT2D eigenvalue weighted by molar-refractivity contribution is 5.81. The summed E-state index contributed by atoms with van der Waals surface area (Å²) in [6, 6.07) is 10.5. The lowest BCUT2D eigenvalue weighted by Gasteiger charge is -2.41. The fourth-order valence-electron chi connectivity index (χ4n) is 3.41. The van der Waals surface area contributed by atoms with Gasteiger partial charge in [-0.2, -0.15) is 0 Å². The van der Waals surface area contributed by atoms with Gasteiger partial charge in [0.25, 0.3) is 0 Å². The van der Waals surface area contributed by atoms with Crippen LogP contribution in [0.15, 0.2) is 30.3 Å². The average Bonchev–Trinajstić information content (AvgIpc) is 2.71. The van der Waals surface area contributed by atoms with Crippen molar-refractivity contribution in [3.05, 3.63) is 35.9 Å². The number of nitrogens with one attached hydrogen (secondary N) is 1. The Kier molecular flexibility index (Phi) is 2.86. The van der Waals surface area contributed by atoms with E-state index in [2.05, 4.69) is 41.5 Å². The molecule has 18 heavy (non-hydrogen) atoms. The van der Waals surface area contributed by atoms with Crippen molar-refractivity contribution >= 4 is 5.91 Å². The molecular formula is C15H20N2O. The molecule has 3 heteroatoms. The summed E-state index contributed by atoms with van der Waals surface area (Å²) in [7, 11) is 2.15. The van der Waals surface area contributed by atoms with Crippen LogP contribution in [0.3, 0.4) is 0 Å². The fraction of sp³-hybridized carbons (Fsp3) is 0.533. The first-order valence-electron chi connectivity index (χ1n) is 6.74. The van der Waals surface area contributed by atoms with Crippen molar-refractivity contribution in [3.63, 3.8) is 0 Å². The molecule has 2 fully saturated rings. The van der Waals surface area contributed by atoms with E-state index in [0.29, 0.717) is 12.3 Å². The lowest BCUT2D eigenvalue weighted by atomic mass is 9.74. The number of amides is 1. The van der Waals surface area contributed by atoms with Gasteiger partial charge in [-0.3, -0.25) is 4.79 Å². The fourth-order valence-corrected chi connectivity index (χ4v) is 3.41. The van der Waals surface area contributed by atoms with Gasteiger partial charge in [0.05, 0.1) is 0 Å². The third kappa shape index (κ3) is 1.93. The molecule has 1 aromatic carbocycles. The van der Waals surface area contributed by atoms with E-state index in [1.54, 1.807) is 0 Å². The zero-order valence-electron chi connectivity index (χ0n) is 10.9. The SMILES string of the molecule is CN1CCC2(CC1)NC(=O)CC2c1ccccc1. The minimum atomic E-state index is 0.00491. The molecule has 2 saturated heterocycles. The van der Waals surface area contributed by atoms with Gasteiger partial charge in [0.1, 0.15) is 0 Å². The van der Waals surface area contributed by atoms with Gasteiger partial charge in [-0.05, 0) is 25.5 Å². The van der Waals surface area contributed by atoms with Gasteiger partial charge >= 0.3 is 0 Å². The molecule has 3 rings (SSSR count). The summed E-state index contributed by atoms with van der Waals surface area (Å²) in [5.74, 6) is 0.563. The van der Waals surface area contributed by atoms with Gasteiger partial charge in [-0.15, -0.1) is 0 Å². The quantitative estimate of drug-likeness (QED) is 0.816. The van der Waals surface area contributed by atoms with Gasteiger partial charge in [0.15, 0.2) is 0 Å². The van der Waals surface area contributed by atoms with Crippen LogP contribution in [0.4, 0.5) is 0 Å². The molecule has 96 valence electrons. The molecule has 1 aromatic rings. The van der Waals surface area contributed by atoms with Crippen molar-refractivity contribution in [2.75, 3.05) is 20.1 Å². The Morgan fingerprint density at radius 3 is 2.56 bits per heavy atom. The van der Waals surface area contributed by atoms with Crippen LogP contribution in [0, 0.1) is 0 Å². The molecule has 1 unspecified atom stereocenters. The Hall–Kier alpha value is -1.35. The maximum absolute atomic E-state index is 11.9. The predicted octanol–water partition coefficient (Wildman–Crippen LogP) is 1.75. The summed E-state index contributed by atoms with van der Waals surface area (Å²) in [6.45, 7) is 2.15. The summed E-state index contributed by atoms with van der Waals surface area (Å²) in [5, 5.41) is 3.27. The standard InChI is InChI=1S/C15H20N2O/c1-17-9-7-15(8-10-17)13(11-14(18)16-15)12-5-3-2-4-6-12/h2-6,13H,7-11H2,1H3,(H,16,18). The summed E-state index contributed by atoms with van der Waals surface area (Å²) in [4.78, 5) is 14.2. The van der Waals surface area contributed by atoms with E-state index in [1.165, 1.54) is 5.56 Å². The molecular weight excluding hydrogens is 224 g/mol. The first-order chi connectivity index (χ1) is 8.70. The number of likely N-dealkylation sites (tertiary alicyclic amines) is 1. The van der Waals surface area contributed by atoms with Crippen LogP contribution in [0.2, 0.25) is 0 Å². The third-order valence-corrected chi connectivity index (χ3v) is 4.53. The van der Waals surface area contributed by atoms with Crippen molar-refractivity contribution < 1.29 is 4.79 Å². The van der Waals surface area contributed by atoms with Gasteiger partial charge < -0.3 is 10.2 Å². The Morgan fingerprint density at radius 2 is 1.89 bits per heavy atom. The van der Waals surface area contributed by atoms with Crippen LogP contribution in [0.5, 0.6) is 0 Å². The second-order valence-corrected chi connectivity index (χ2v) is 5.67. The normalized spacial score (nSPS) is 27.4. The van der Waals surface area contributed by atoms with Crippen molar-refractivity contribution in [1.82, 2.24) is 10.2 Å². The zero-order chi connectivity index (χ0) is 12.6. The molecule has 2 aliphatic rings. The van der Waals surface area contributed by atoms with Crippen LogP contribution in [0.25, 0.3) is 0 Å². The van der Waals surface area contributed by atoms with Crippen molar-refractivity contribution in [2.45, 2.75) is 30.7 Å². The minimum Gasteiger partial charge on any atom is -0.350 e. The maximum Gasteiger partial charge on any atom is 0.221 e. The molecule has 0 aliphatic carbocycles. The van der Waals surface area contributed by atoms with Gasteiger partial charge in [-0.25, -0.2) is 0 Å². The van der Waals surface area contributed by atoms with Crippen LogP contribution in [-0.4, -0.2) is 36.5 Å². The second-order valence-electron chi connectivity index (χ2n) is 5.67. The van der Waals surface area contributed by atoms with Gasteiger partial charge in [-0.1, -0.05) is 30.3 Å². The summed E-state index contributed by atoms with van der Waals surface area (Å²) in [5.41, 5.74) is 1.31. The first kappa shape index (κ1) is 11.7. The molecule has 1 atom stereocenters. The van der Waals surface area contributed by atoms with E-state index in [4.69, 9.17) is 0 Å². The smallest absolute Gasteiger partial charge is 0.221 e. The highest BCUT2D eigenvalue weighted by Crippen LogP contribution is 2.42. The number of rotatable bonds is 1. The van der Waals surface area contributed by atoms with Crippen LogP contribution < -0.4 is 5.32 Å². The Bertz CT molecular complexity index is 435. The highest BCUT2D eigenvalue weighted by atomic mass is 16.2. The summed E-state index contributed by atoms with van der Waals surface area (Å²) >= 11 is 0. The molecule has 3 nitrogen and oxygen atoms in total. The molecule has 0 bridgehead atoms. The van der Waals surface area contributed by atoms with Crippen LogP contribution >= 0.6 is 0 Å². The molecule has 0 saturated carbocycles. The number of nitrogens with zero attached hydrogens (tertiary/aromatic N) is 1. The Morgan fingerprint density at radius 1 is 1.22 bits per heavy atom. The lowest BCUT2D eigenvalue weighted by molar-refractivity contribution is -0.120. The lowest BCUT2D eigenvalue weighted by Crippen LogP contribution is -2.52. The third-order valence-electron chi connectivity index (χ3n) is 4.53. The molecule has 2 heterocycles. The Balaban J connectivity index is 1.90. The number of carbonyl (C=O) groups is 1. The number of hydrogen-bond donors (Lipinski definition) is 1. The molecule has 1 spiro atoms.